The molecule has 0 spiro atoms. The smallest absolute Gasteiger partial charge is 0.255 e. The summed E-state index contributed by atoms with van der Waals surface area (Å²) in [5.74, 6) is 1.05. The first-order chi connectivity index (χ1) is 15.3. The molecular formula is C25H33N3O4. The zero-order valence-corrected chi connectivity index (χ0v) is 19.3. The molecule has 32 heavy (non-hydrogen) atoms. The van der Waals surface area contributed by atoms with Gasteiger partial charge in [-0.2, -0.15) is 0 Å². The van der Waals surface area contributed by atoms with E-state index in [4.69, 9.17) is 15.2 Å². The van der Waals surface area contributed by atoms with E-state index in [2.05, 4.69) is 19.2 Å². The molecule has 0 aromatic heterocycles. The standard InChI is InChI=1S/C25H33N3O4/c1-25(2,15-26)16-28(24(30)17-9-10-17)14-19-7-5-6-8-20(19)27-23(29)18-11-12-21(31-3)22(13-18)32-4/h5-8,11-13,17H,9-10,14-16,26H2,1-4H3,(H,27,29). The van der Waals surface area contributed by atoms with Crippen molar-refractivity contribution in [1.29, 1.82) is 0 Å². The quantitative estimate of drug-likeness (QED) is 0.589. The van der Waals surface area contributed by atoms with Gasteiger partial charge >= 0.3 is 0 Å². The van der Waals surface area contributed by atoms with Crippen molar-refractivity contribution in [2.45, 2.75) is 33.2 Å². The lowest BCUT2D eigenvalue weighted by atomic mass is 9.92. The van der Waals surface area contributed by atoms with Gasteiger partial charge in [0.15, 0.2) is 11.5 Å². The van der Waals surface area contributed by atoms with Crippen LogP contribution >= 0.6 is 0 Å². The van der Waals surface area contributed by atoms with Crippen LogP contribution in [0.4, 0.5) is 5.69 Å². The van der Waals surface area contributed by atoms with Gasteiger partial charge in [0.25, 0.3) is 5.91 Å². The molecule has 3 rings (SSSR count). The Balaban J connectivity index is 1.81. The number of nitrogens with one attached hydrogen (secondary N) is 1. The van der Waals surface area contributed by atoms with E-state index in [9.17, 15) is 9.59 Å². The largest absolute Gasteiger partial charge is 0.493 e. The van der Waals surface area contributed by atoms with E-state index in [1.807, 2.05) is 29.2 Å². The molecule has 2 aromatic rings. The Labute approximate surface area is 189 Å². The normalized spacial score (nSPS) is 13.4. The van der Waals surface area contributed by atoms with Gasteiger partial charge in [0.05, 0.1) is 14.2 Å². The Kier molecular flexibility index (Phi) is 7.40. The van der Waals surface area contributed by atoms with Gasteiger partial charge < -0.3 is 25.4 Å². The summed E-state index contributed by atoms with van der Waals surface area (Å²) in [7, 11) is 3.08. The molecule has 2 aromatic carbocycles. The van der Waals surface area contributed by atoms with Gasteiger partial charge in [-0.3, -0.25) is 9.59 Å². The molecule has 0 aliphatic heterocycles. The minimum Gasteiger partial charge on any atom is -0.493 e. The number of carbonyl (C=O) groups is 2. The van der Waals surface area contributed by atoms with E-state index >= 15 is 0 Å². The number of carbonyl (C=O) groups excluding carboxylic acids is 2. The first-order valence-electron chi connectivity index (χ1n) is 10.9. The summed E-state index contributed by atoms with van der Waals surface area (Å²) in [5.41, 5.74) is 7.74. The van der Waals surface area contributed by atoms with Crippen LogP contribution in [0.15, 0.2) is 42.5 Å². The minimum absolute atomic E-state index is 0.108. The van der Waals surface area contributed by atoms with Gasteiger partial charge in [-0.05, 0) is 54.6 Å². The van der Waals surface area contributed by atoms with Gasteiger partial charge in [0.2, 0.25) is 5.91 Å². The Morgan fingerprint density at radius 1 is 1.09 bits per heavy atom. The van der Waals surface area contributed by atoms with Gasteiger partial charge in [-0.25, -0.2) is 0 Å². The summed E-state index contributed by atoms with van der Waals surface area (Å²) >= 11 is 0. The predicted molar refractivity (Wildman–Crippen MR) is 125 cm³/mol. The van der Waals surface area contributed by atoms with Crippen molar-refractivity contribution in [2.75, 3.05) is 32.6 Å². The van der Waals surface area contributed by atoms with Crippen LogP contribution in [0.2, 0.25) is 0 Å². The van der Waals surface area contributed by atoms with Crippen LogP contribution in [0, 0.1) is 11.3 Å². The second-order valence-corrected chi connectivity index (χ2v) is 9.02. The lowest BCUT2D eigenvalue weighted by molar-refractivity contribution is -0.134. The van der Waals surface area contributed by atoms with E-state index in [-0.39, 0.29) is 23.1 Å². The van der Waals surface area contributed by atoms with Gasteiger partial charge in [0, 0.05) is 30.3 Å². The third-order valence-corrected chi connectivity index (χ3v) is 5.68. The summed E-state index contributed by atoms with van der Waals surface area (Å²) in [4.78, 5) is 27.8. The Hall–Kier alpha value is -3.06. The fourth-order valence-corrected chi connectivity index (χ4v) is 3.54. The lowest BCUT2D eigenvalue weighted by Gasteiger charge is -2.32. The minimum atomic E-state index is -0.263. The number of benzene rings is 2. The SMILES string of the molecule is COc1ccc(C(=O)Nc2ccccc2CN(CC(C)(C)CN)C(=O)C2CC2)cc1OC. The molecule has 1 aliphatic carbocycles. The molecule has 0 bridgehead atoms. The first-order valence-corrected chi connectivity index (χ1v) is 10.9. The Morgan fingerprint density at radius 3 is 2.41 bits per heavy atom. The fourth-order valence-electron chi connectivity index (χ4n) is 3.54. The summed E-state index contributed by atoms with van der Waals surface area (Å²) in [6.45, 7) is 5.59. The number of para-hydroxylation sites is 1. The van der Waals surface area contributed by atoms with Crippen LogP contribution in [0.25, 0.3) is 0 Å². The fraction of sp³-hybridized carbons (Fsp3) is 0.440. The summed E-state index contributed by atoms with van der Waals surface area (Å²) in [6.07, 6.45) is 1.88. The van der Waals surface area contributed by atoms with Crippen LogP contribution in [-0.4, -0.2) is 44.0 Å². The van der Waals surface area contributed by atoms with E-state index < -0.39 is 0 Å². The van der Waals surface area contributed by atoms with Crippen LogP contribution in [-0.2, 0) is 11.3 Å². The number of hydrogen-bond acceptors (Lipinski definition) is 5. The lowest BCUT2D eigenvalue weighted by Crippen LogP contribution is -2.42. The van der Waals surface area contributed by atoms with Crippen molar-refractivity contribution in [2.24, 2.45) is 17.1 Å². The molecule has 0 radical (unpaired) electrons. The second kappa shape index (κ2) is 10.0. The summed E-state index contributed by atoms with van der Waals surface area (Å²) in [5, 5.41) is 2.98. The van der Waals surface area contributed by atoms with E-state index in [0.29, 0.717) is 42.4 Å². The van der Waals surface area contributed by atoms with Crippen LogP contribution in [0.5, 0.6) is 11.5 Å². The molecule has 172 valence electrons. The zero-order chi connectivity index (χ0) is 23.3. The maximum Gasteiger partial charge on any atom is 0.255 e. The molecular weight excluding hydrogens is 406 g/mol. The van der Waals surface area contributed by atoms with Crippen molar-refractivity contribution in [3.8, 4) is 11.5 Å². The number of hydrogen-bond donors (Lipinski definition) is 2. The molecule has 0 unspecified atom stereocenters. The molecule has 0 saturated heterocycles. The first kappa shape index (κ1) is 23.6. The molecule has 1 fully saturated rings. The molecule has 1 saturated carbocycles. The number of nitrogens with zero attached hydrogens (tertiary/aromatic N) is 1. The molecule has 7 nitrogen and oxygen atoms in total. The second-order valence-electron chi connectivity index (χ2n) is 9.02. The third-order valence-electron chi connectivity index (χ3n) is 5.68. The van der Waals surface area contributed by atoms with Crippen molar-refractivity contribution in [3.63, 3.8) is 0 Å². The van der Waals surface area contributed by atoms with Crippen LogP contribution in [0.3, 0.4) is 0 Å². The number of amides is 2. The average molecular weight is 440 g/mol. The van der Waals surface area contributed by atoms with E-state index in [0.717, 1.165) is 18.4 Å². The highest BCUT2D eigenvalue weighted by Crippen LogP contribution is 2.33. The number of anilines is 1. The highest BCUT2D eigenvalue weighted by Gasteiger charge is 2.35. The van der Waals surface area contributed by atoms with Crippen molar-refractivity contribution < 1.29 is 19.1 Å². The molecule has 1 aliphatic rings. The van der Waals surface area contributed by atoms with Crippen molar-refractivity contribution in [1.82, 2.24) is 4.90 Å². The molecule has 0 heterocycles. The number of ether oxygens (including phenoxy) is 2. The molecule has 2 amide bonds. The number of rotatable bonds is 10. The third kappa shape index (κ3) is 5.79. The van der Waals surface area contributed by atoms with Crippen molar-refractivity contribution >= 4 is 17.5 Å². The van der Waals surface area contributed by atoms with Gasteiger partial charge in [-0.1, -0.05) is 32.0 Å². The van der Waals surface area contributed by atoms with Gasteiger partial charge in [-0.15, -0.1) is 0 Å². The molecule has 3 N–H and O–H groups in total. The molecule has 0 atom stereocenters. The van der Waals surface area contributed by atoms with Crippen LogP contribution < -0.4 is 20.5 Å². The highest BCUT2D eigenvalue weighted by molar-refractivity contribution is 6.05. The Morgan fingerprint density at radius 2 is 1.78 bits per heavy atom. The average Bonchev–Trinajstić information content (AvgIpc) is 3.64. The molecule has 7 heteroatoms. The summed E-state index contributed by atoms with van der Waals surface area (Å²) in [6, 6.07) is 12.6. The maximum atomic E-state index is 13.0. The van der Waals surface area contributed by atoms with Gasteiger partial charge in [0.1, 0.15) is 0 Å². The maximum absolute atomic E-state index is 13.0. The Bertz CT molecular complexity index is 969. The topological polar surface area (TPSA) is 93.9 Å². The monoisotopic (exact) mass is 439 g/mol. The number of nitrogens with two attached hydrogens (primary N) is 1. The zero-order valence-electron chi connectivity index (χ0n) is 19.3. The van der Waals surface area contributed by atoms with E-state index in [1.165, 1.54) is 7.11 Å². The predicted octanol–water partition coefficient (Wildman–Crippen LogP) is 3.68. The number of methoxy groups -OCH3 is 2. The van der Waals surface area contributed by atoms with Crippen molar-refractivity contribution in [3.05, 3.63) is 53.6 Å². The van der Waals surface area contributed by atoms with E-state index in [1.54, 1.807) is 25.3 Å². The highest BCUT2D eigenvalue weighted by atomic mass is 16.5. The summed E-state index contributed by atoms with van der Waals surface area (Å²) < 4.78 is 10.6. The van der Waals surface area contributed by atoms with Crippen LogP contribution in [0.1, 0.15) is 42.6 Å².